The lowest BCUT2D eigenvalue weighted by Gasteiger charge is -1.99. The van der Waals surface area contributed by atoms with E-state index in [0.29, 0.717) is 0 Å². The predicted octanol–water partition coefficient (Wildman–Crippen LogP) is 3.13. The standard InChI is InChI=1S/C10H11BrOS/c1-13-10(12)9-4-2-8(3-5-9)6-7-11/h2-5H,6-7H2,1H3. The SMILES string of the molecule is CSC(=O)c1ccc(CCBr)cc1. The maximum Gasteiger partial charge on any atom is 0.219 e. The van der Waals surface area contributed by atoms with Gasteiger partial charge >= 0.3 is 0 Å². The second-order valence-electron chi connectivity index (χ2n) is 2.63. The van der Waals surface area contributed by atoms with E-state index in [4.69, 9.17) is 0 Å². The molecule has 0 atom stereocenters. The molecule has 0 heterocycles. The lowest BCUT2D eigenvalue weighted by atomic mass is 10.1. The summed E-state index contributed by atoms with van der Waals surface area (Å²) in [5, 5.41) is 1.09. The molecule has 0 bridgehead atoms. The first-order valence-corrected chi connectivity index (χ1v) is 6.35. The van der Waals surface area contributed by atoms with Gasteiger partial charge in [0.2, 0.25) is 5.12 Å². The van der Waals surface area contributed by atoms with Gasteiger partial charge in [-0.2, -0.15) is 0 Å². The van der Waals surface area contributed by atoms with Gasteiger partial charge < -0.3 is 0 Å². The molecule has 1 rings (SSSR count). The fourth-order valence-electron chi connectivity index (χ4n) is 1.03. The Bertz CT molecular complexity index is 281. The summed E-state index contributed by atoms with van der Waals surface area (Å²) >= 11 is 4.63. The van der Waals surface area contributed by atoms with E-state index in [9.17, 15) is 4.79 Å². The second-order valence-corrected chi connectivity index (χ2v) is 4.20. The van der Waals surface area contributed by atoms with Crippen LogP contribution in [0.15, 0.2) is 24.3 Å². The zero-order valence-electron chi connectivity index (χ0n) is 7.42. The van der Waals surface area contributed by atoms with Crippen LogP contribution in [0.2, 0.25) is 0 Å². The molecule has 70 valence electrons. The van der Waals surface area contributed by atoms with E-state index in [-0.39, 0.29) is 5.12 Å². The molecule has 0 aliphatic heterocycles. The van der Waals surface area contributed by atoms with Crippen LogP contribution in [0.1, 0.15) is 15.9 Å². The first kappa shape index (κ1) is 10.8. The second kappa shape index (κ2) is 5.45. The Kier molecular flexibility index (Phi) is 4.53. The van der Waals surface area contributed by atoms with Crippen LogP contribution in [0.4, 0.5) is 0 Å². The number of carbonyl (C=O) groups is 1. The van der Waals surface area contributed by atoms with Crippen LogP contribution in [-0.4, -0.2) is 16.7 Å². The van der Waals surface area contributed by atoms with Crippen LogP contribution in [0.5, 0.6) is 0 Å². The molecule has 0 aliphatic rings. The van der Waals surface area contributed by atoms with Gasteiger partial charge in [-0.15, -0.1) is 0 Å². The smallest absolute Gasteiger partial charge is 0.219 e. The molecule has 0 radical (unpaired) electrons. The summed E-state index contributed by atoms with van der Waals surface area (Å²) in [5.74, 6) is 0. The van der Waals surface area contributed by atoms with Gasteiger partial charge in [0.25, 0.3) is 0 Å². The normalized spacial score (nSPS) is 10.0. The molecule has 0 unspecified atom stereocenters. The van der Waals surface area contributed by atoms with Gasteiger partial charge in [0.1, 0.15) is 0 Å². The summed E-state index contributed by atoms with van der Waals surface area (Å²) in [6, 6.07) is 7.78. The van der Waals surface area contributed by atoms with Gasteiger partial charge in [-0.05, 0) is 18.2 Å². The zero-order valence-corrected chi connectivity index (χ0v) is 9.82. The third kappa shape index (κ3) is 3.16. The maximum absolute atomic E-state index is 11.2. The van der Waals surface area contributed by atoms with Crippen LogP contribution in [0.25, 0.3) is 0 Å². The van der Waals surface area contributed by atoms with E-state index in [1.807, 2.05) is 24.3 Å². The number of thioether (sulfide) groups is 1. The molecule has 0 saturated carbocycles. The molecule has 0 spiro atoms. The van der Waals surface area contributed by atoms with Crippen LogP contribution < -0.4 is 0 Å². The lowest BCUT2D eigenvalue weighted by Crippen LogP contribution is -1.93. The van der Waals surface area contributed by atoms with E-state index >= 15 is 0 Å². The summed E-state index contributed by atoms with van der Waals surface area (Å²) in [6.45, 7) is 0. The van der Waals surface area contributed by atoms with Crippen molar-refractivity contribution in [3.8, 4) is 0 Å². The molecular formula is C10H11BrOS. The monoisotopic (exact) mass is 258 g/mol. The average molecular weight is 259 g/mol. The molecular weight excluding hydrogens is 248 g/mol. The number of alkyl halides is 1. The van der Waals surface area contributed by atoms with Crippen LogP contribution in [-0.2, 0) is 6.42 Å². The van der Waals surface area contributed by atoms with Gasteiger partial charge in [-0.25, -0.2) is 0 Å². The molecule has 13 heavy (non-hydrogen) atoms. The minimum atomic E-state index is 0.130. The Morgan fingerprint density at radius 3 is 2.46 bits per heavy atom. The Balaban J connectivity index is 2.75. The van der Waals surface area contributed by atoms with Crippen molar-refractivity contribution in [1.82, 2.24) is 0 Å². The topological polar surface area (TPSA) is 17.1 Å². The van der Waals surface area contributed by atoms with E-state index < -0.39 is 0 Å². The van der Waals surface area contributed by atoms with Crippen LogP contribution in [0, 0.1) is 0 Å². The van der Waals surface area contributed by atoms with Gasteiger partial charge in [-0.3, -0.25) is 4.79 Å². The molecule has 0 aromatic heterocycles. The number of aryl methyl sites for hydroxylation is 1. The first-order valence-electron chi connectivity index (χ1n) is 4.01. The highest BCUT2D eigenvalue weighted by Crippen LogP contribution is 2.11. The third-order valence-electron chi connectivity index (χ3n) is 1.76. The Labute approximate surface area is 91.0 Å². The molecule has 1 aromatic rings. The third-order valence-corrected chi connectivity index (χ3v) is 2.76. The van der Waals surface area contributed by atoms with E-state index in [0.717, 1.165) is 17.3 Å². The minimum absolute atomic E-state index is 0.130. The summed E-state index contributed by atoms with van der Waals surface area (Å²) < 4.78 is 0. The van der Waals surface area contributed by atoms with Crippen LogP contribution in [0.3, 0.4) is 0 Å². The molecule has 3 heteroatoms. The van der Waals surface area contributed by atoms with Crippen molar-refractivity contribution >= 4 is 32.8 Å². The van der Waals surface area contributed by atoms with E-state index in [1.165, 1.54) is 17.3 Å². The molecule has 1 nitrogen and oxygen atoms in total. The Morgan fingerprint density at radius 1 is 1.38 bits per heavy atom. The molecule has 0 saturated heterocycles. The number of rotatable bonds is 3. The summed E-state index contributed by atoms with van der Waals surface area (Å²) in [5.41, 5.74) is 2.04. The van der Waals surface area contributed by atoms with Crippen molar-refractivity contribution in [2.45, 2.75) is 6.42 Å². The summed E-state index contributed by atoms with van der Waals surface area (Å²) in [7, 11) is 0. The highest BCUT2D eigenvalue weighted by molar-refractivity contribution is 9.09. The Hall–Kier alpha value is -0.280. The molecule has 0 amide bonds. The van der Waals surface area contributed by atoms with Crippen molar-refractivity contribution in [3.05, 3.63) is 35.4 Å². The quantitative estimate of drug-likeness (QED) is 0.776. The minimum Gasteiger partial charge on any atom is -0.282 e. The fraction of sp³-hybridized carbons (Fsp3) is 0.300. The van der Waals surface area contributed by atoms with Crippen molar-refractivity contribution in [1.29, 1.82) is 0 Å². The van der Waals surface area contributed by atoms with Gasteiger partial charge in [-0.1, -0.05) is 52.0 Å². The number of benzene rings is 1. The average Bonchev–Trinajstić information content (AvgIpc) is 2.18. The number of carbonyl (C=O) groups excluding carboxylic acids is 1. The fourth-order valence-corrected chi connectivity index (χ4v) is 1.86. The van der Waals surface area contributed by atoms with E-state index in [2.05, 4.69) is 15.9 Å². The number of halogens is 1. The van der Waals surface area contributed by atoms with Gasteiger partial charge in [0, 0.05) is 10.9 Å². The van der Waals surface area contributed by atoms with Crippen molar-refractivity contribution in [2.24, 2.45) is 0 Å². The van der Waals surface area contributed by atoms with Crippen molar-refractivity contribution in [2.75, 3.05) is 11.6 Å². The van der Waals surface area contributed by atoms with Gasteiger partial charge in [0.05, 0.1) is 0 Å². The highest BCUT2D eigenvalue weighted by atomic mass is 79.9. The highest BCUT2D eigenvalue weighted by Gasteiger charge is 2.02. The molecule has 1 aromatic carbocycles. The molecule has 0 N–H and O–H groups in total. The van der Waals surface area contributed by atoms with Crippen molar-refractivity contribution < 1.29 is 4.79 Å². The molecule has 0 aliphatic carbocycles. The number of hydrogen-bond acceptors (Lipinski definition) is 2. The van der Waals surface area contributed by atoms with Crippen LogP contribution >= 0.6 is 27.7 Å². The van der Waals surface area contributed by atoms with Gasteiger partial charge in [0.15, 0.2) is 0 Å². The zero-order chi connectivity index (χ0) is 9.68. The first-order chi connectivity index (χ1) is 6.27. The Morgan fingerprint density at radius 2 is 2.00 bits per heavy atom. The number of hydrogen-bond donors (Lipinski definition) is 0. The maximum atomic E-state index is 11.2. The van der Waals surface area contributed by atoms with Crippen molar-refractivity contribution in [3.63, 3.8) is 0 Å². The summed E-state index contributed by atoms with van der Waals surface area (Å²) in [6.07, 6.45) is 2.81. The molecule has 0 fully saturated rings. The largest absolute Gasteiger partial charge is 0.282 e. The predicted molar refractivity (Wildman–Crippen MR) is 61.8 cm³/mol. The lowest BCUT2D eigenvalue weighted by molar-refractivity contribution is 0.108. The van der Waals surface area contributed by atoms with E-state index in [1.54, 1.807) is 6.26 Å². The summed E-state index contributed by atoms with van der Waals surface area (Å²) in [4.78, 5) is 11.2.